The minimum absolute atomic E-state index is 0.0819. The molecule has 1 aromatic rings. The van der Waals surface area contributed by atoms with Gasteiger partial charge in [0.15, 0.2) is 0 Å². The van der Waals surface area contributed by atoms with Crippen LogP contribution in [0.1, 0.15) is 19.4 Å². The molecule has 0 aromatic heterocycles. The number of aliphatic hydroxyl groups excluding tert-OH is 2. The number of aryl methyl sites for hydroxylation is 1. The lowest BCUT2D eigenvalue weighted by Crippen LogP contribution is -2.97. The Morgan fingerprint density at radius 2 is 1.89 bits per heavy atom. The molecule has 0 aliphatic heterocycles. The number of ether oxygens (including phenoxy) is 1. The van der Waals surface area contributed by atoms with Crippen LogP contribution in [0.2, 0.25) is 0 Å². The van der Waals surface area contributed by atoms with Crippen LogP contribution in [-0.4, -0.2) is 41.6 Å². The van der Waals surface area contributed by atoms with E-state index < -0.39 is 6.10 Å². The molecule has 4 nitrogen and oxygen atoms in total. The SMILES string of the molecule is Cc1ccc(OC[C@H](O)C[NH2+]C(C)(C)CO)cc1. The zero-order chi connectivity index (χ0) is 13.6. The average Bonchev–Trinajstić information content (AvgIpc) is 2.36. The highest BCUT2D eigenvalue weighted by atomic mass is 16.5. The summed E-state index contributed by atoms with van der Waals surface area (Å²) in [5.41, 5.74) is 0.922. The van der Waals surface area contributed by atoms with Crippen molar-refractivity contribution in [2.75, 3.05) is 19.8 Å². The number of hydrogen-bond acceptors (Lipinski definition) is 3. The molecule has 1 atom stereocenters. The van der Waals surface area contributed by atoms with Gasteiger partial charge in [0, 0.05) is 0 Å². The highest BCUT2D eigenvalue weighted by molar-refractivity contribution is 5.26. The molecular weight excluding hydrogens is 230 g/mol. The highest BCUT2D eigenvalue weighted by Gasteiger charge is 2.21. The van der Waals surface area contributed by atoms with Crippen LogP contribution in [0.15, 0.2) is 24.3 Å². The van der Waals surface area contributed by atoms with Gasteiger partial charge in [-0.1, -0.05) is 17.7 Å². The second-order valence-corrected chi connectivity index (χ2v) is 5.36. The van der Waals surface area contributed by atoms with Gasteiger partial charge in [-0.3, -0.25) is 0 Å². The van der Waals surface area contributed by atoms with E-state index in [4.69, 9.17) is 9.84 Å². The van der Waals surface area contributed by atoms with Crippen molar-refractivity contribution in [3.05, 3.63) is 29.8 Å². The first-order valence-corrected chi connectivity index (χ1v) is 6.26. The van der Waals surface area contributed by atoms with Gasteiger partial charge in [0.05, 0.1) is 6.61 Å². The zero-order valence-electron chi connectivity index (χ0n) is 11.4. The van der Waals surface area contributed by atoms with Crippen molar-refractivity contribution < 1.29 is 20.3 Å². The first-order chi connectivity index (χ1) is 8.43. The van der Waals surface area contributed by atoms with E-state index in [-0.39, 0.29) is 18.8 Å². The summed E-state index contributed by atoms with van der Waals surface area (Å²) in [6.45, 7) is 6.74. The third-order valence-electron chi connectivity index (χ3n) is 2.81. The summed E-state index contributed by atoms with van der Waals surface area (Å²) < 4.78 is 5.49. The number of hydrogen-bond donors (Lipinski definition) is 3. The Labute approximate surface area is 109 Å². The largest absolute Gasteiger partial charge is 0.491 e. The van der Waals surface area contributed by atoms with Crippen LogP contribution in [0.25, 0.3) is 0 Å². The van der Waals surface area contributed by atoms with Gasteiger partial charge in [-0.05, 0) is 32.9 Å². The summed E-state index contributed by atoms with van der Waals surface area (Å²) in [7, 11) is 0. The Morgan fingerprint density at radius 3 is 2.44 bits per heavy atom. The molecule has 0 heterocycles. The van der Waals surface area contributed by atoms with Gasteiger partial charge >= 0.3 is 0 Å². The van der Waals surface area contributed by atoms with Crippen LogP contribution in [0.4, 0.5) is 0 Å². The van der Waals surface area contributed by atoms with Gasteiger partial charge in [0.25, 0.3) is 0 Å². The van der Waals surface area contributed by atoms with E-state index in [1.165, 1.54) is 5.56 Å². The van der Waals surface area contributed by atoms with Crippen molar-refractivity contribution in [3.8, 4) is 5.75 Å². The van der Waals surface area contributed by atoms with Gasteiger partial charge in [0.2, 0.25) is 0 Å². The van der Waals surface area contributed by atoms with E-state index in [2.05, 4.69) is 0 Å². The third-order valence-corrected chi connectivity index (χ3v) is 2.81. The molecule has 0 bridgehead atoms. The first-order valence-electron chi connectivity index (χ1n) is 6.26. The van der Waals surface area contributed by atoms with Gasteiger partial charge in [-0.25, -0.2) is 0 Å². The molecule has 0 amide bonds. The van der Waals surface area contributed by atoms with Crippen LogP contribution >= 0.6 is 0 Å². The van der Waals surface area contributed by atoms with Gasteiger partial charge in [-0.15, -0.1) is 0 Å². The van der Waals surface area contributed by atoms with Gasteiger partial charge in [0.1, 0.15) is 30.5 Å². The van der Waals surface area contributed by atoms with E-state index in [1.54, 1.807) is 0 Å². The summed E-state index contributed by atoms with van der Waals surface area (Å²) >= 11 is 0. The van der Waals surface area contributed by atoms with Crippen LogP contribution < -0.4 is 10.1 Å². The second kappa shape index (κ2) is 6.73. The number of rotatable bonds is 7. The summed E-state index contributed by atoms with van der Waals surface area (Å²) in [5.74, 6) is 0.765. The first kappa shape index (κ1) is 15.0. The maximum Gasteiger partial charge on any atom is 0.137 e. The van der Waals surface area contributed by atoms with Crippen molar-refractivity contribution in [1.82, 2.24) is 0 Å². The number of benzene rings is 1. The van der Waals surface area contributed by atoms with Crippen LogP contribution in [0.5, 0.6) is 5.75 Å². The topological polar surface area (TPSA) is 66.3 Å². The molecule has 0 aliphatic rings. The number of quaternary nitrogens is 1. The molecule has 102 valence electrons. The average molecular weight is 254 g/mol. The zero-order valence-corrected chi connectivity index (χ0v) is 11.4. The molecule has 4 heteroatoms. The molecule has 0 unspecified atom stereocenters. The fourth-order valence-electron chi connectivity index (χ4n) is 1.41. The second-order valence-electron chi connectivity index (χ2n) is 5.36. The Balaban J connectivity index is 2.29. The predicted octanol–water partition coefficient (Wildman–Crippen LogP) is 0.0690. The van der Waals surface area contributed by atoms with Crippen molar-refractivity contribution in [1.29, 1.82) is 0 Å². The summed E-state index contributed by atoms with van der Waals surface area (Å²) in [6.07, 6.45) is -0.544. The Morgan fingerprint density at radius 1 is 1.28 bits per heavy atom. The molecule has 0 spiro atoms. The van der Waals surface area contributed by atoms with Crippen LogP contribution in [-0.2, 0) is 0 Å². The van der Waals surface area contributed by atoms with E-state index in [1.807, 2.05) is 50.4 Å². The van der Waals surface area contributed by atoms with Gasteiger partial charge in [-0.2, -0.15) is 0 Å². The fraction of sp³-hybridized carbons (Fsp3) is 0.571. The number of aliphatic hydroxyl groups is 2. The van der Waals surface area contributed by atoms with Crippen molar-refractivity contribution in [2.24, 2.45) is 0 Å². The molecule has 0 saturated carbocycles. The third kappa shape index (κ3) is 5.49. The molecule has 1 rings (SSSR count). The summed E-state index contributed by atoms with van der Waals surface area (Å²) in [4.78, 5) is 0. The standard InChI is InChI=1S/C14H23NO3/c1-11-4-6-13(7-5-11)18-9-12(17)8-15-14(2,3)10-16/h4-7,12,15-17H,8-10H2,1-3H3/p+1/t12-/m1/s1. The monoisotopic (exact) mass is 254 g/mol. The molecule has 0 fully saturated rings. The molecule has 1 aromatic carbocycles. The predicted molar refractivity (Wildman–Crippen MR) is 70.6 cm³/mol. The lowest BCUT2D eigenvalue weighted by Gasteiger charge is -2.21. The van der Waals surface area contributed by atoms with E-state index in [0.29, 0.717) is 6.54 Å². The molecule has 0 radical (unpaired) electrons. The number of nitrogens with two attached hydrogens (primary N) is 1. The maximum atomic E-state index is 9.79. The van der Waals surface area contributed by atoms with Crippen molar-refractivity contribution in [2.45, 2.75) is 32.4 Å². The molecule has 0 saturated heterocycles. The minimum Gasteiger partial charge on any atom is -0.491 e. The smallest absolute Gasteiger partial charge is 0.137 e. The summed E-state index contributed by atoms with van der Waals surface area (Å²) in [5, 5.41) is 20.8. The quantitative estimate of drug-likeness (QED) is 0.645. The molecule has 18 heavy (non-hydrogen) atoms. The molecule has 0 aliphatic carbocycles. The van der Waals surface area contributed by atoms with E-state index in [9.17, 15) is 5.11 Å². The van der Waals surface area contributed by atoms with Crippen molar-refractivity contribution in [3.63, 3.8) is 0 Å². The molecular formula is C14H24NO3+. The van der Waals surface area contributed by atoms with Gasteiger partial charge < -0.3 is 20.3 Å². The lowest BCUT2D eigenvalue weighted by molar-refractivity contribution is -0.727. The van der Waals surface area contributed by atoms with E-state index in [0.717, 1.165) is 5.75 Å². The highest BCUT2D eigenvalue weighted by Crippen LogP contribution is 2.11. The Bertz CT molecular complexity index is 349. The normalized spacial score (nSPS) is 13.4. The Kier molecular flexibility index (Phi) is 5.59. The minimum atomic E-state index is -0.544. The van der Waals surface area contributed by atoms with Crippen molar-refractivity contribution >= 4 is 0 Å². The molecule has 4 N–H and O–H groups in total. The lowest BCUT2D eigenvalue weighted by atomic mass is 10.1. The Hall–Kier alpha value is -1.10. The fourth-order valence-corrected chi connectivity index (χ4v) is 1.41. The van der Waals surface area contributed by atoms with Crippen LogP contribution in [0, 0.1) is 6.92 Å². The van der Waals surface area contributed by atoms with E-state index >= 15 is 0 Å². The summed E-state index contributed by atoms with van der Waals surface area (Å²) in [6, 6.07) is 7.73. The van der Waals surface area contributed by atoms with Crippen LogP contribution in [0.3, 0.4) is 0 Å². The maximum absolute atomic E-state index is 9.79.